The van der Waals surface area contributed by atoms with Gasteiger partial charge in [0, 0.05) is 35.6 Å². The number of carbonyl (C=O) groups is 1. The van der Waals surface area contributed by atoms with E-state index in [1.54, 1.807) is 24.5 Å². The van der Waals surface area contributed by atoms with Crippen LogP contribution in [0, 0.1) is 5.92 Å². The van der Waals surface area contributed by atoms with E-state index in [4.69, 9.17) is 79.4 Å². The van der Waals surface area contributed by atoms with Gasteiger partial charge >= 0.3 is 0 Å². The van der Waals surface area contributed by atoms with Crippen molar-refractivity contribution in [1.29, 1.82) is 0 Å². The van der Waals surface area contributed by atoms with Gasteiger partial charge in [-0.1, -0.05) is 83.0 Å². The van der Waals surface area contributed by atoms with Crippen molar-refractivity contribution in [2.45, 2.75) is 19.8 Å². The Morgan fingerprint density at radius 3 is 1.89 bits per heavy atom. The van der Waals surface area contributed by atoms with Gasteiger partial charge in [-0.3, -0.25) is 9.78 Å². The van der Waals surface area contributed by atoms with Gasteiger partial charge in [-0.05, 0) is 48.7 Å². The monoisotopic (exact) mass is 596 g/mol. The fraction of sp³-hybridized carbons (Fsp3) is 0.250. The maximum absolute atomic E-state index is 11.7. The quantitative estimate of drug-likeness (QED) is 0.272. The van der Waals surface area contributed by atoms with Crippen LogP contribution >= 0.6 is 69.6 Å². The van der Waals surface area contributed by atoms with Crippen LogP contribution in [0.2, 0.25) is 30.1 Å². The van der Waals surface area contributed by atoms with Gasteiger partial charge in [0.25, 0.3) is 5.91 Å². The fourth-order valence-electron chi connectivity index (χ4n) is 2.82. The molecular weight excluding hydrogens is 577 g/mol. The second-order valence-electron chi connectivity index (χ2n) is 7.24. The number of aliphatic hydroxyl groups is 1. The highest BCUT2D eigenvalue weighted by atomic mass is 35.5. The highest BCUT2D eigenvalue weighted by Gasteiger charge is 2.15. The lowest BCUT2D eigenvalue weighted by molar-refractivity contribution is 0.0943. The van der Waals surface area contributed by atoms with E-state index in [0.29, 0.717) is 28.1 Å². The van der Waals surface area contributed by atoms with Crippen molar-refractivity contribution in [3.05, 3.63) is 84.5 Å². The largest absolute Gasteiger partial charge is 0.451 e. The zero-order valence-corrected chi connectivity index (χ0v) is 23.0. The van der Waals surface area contributed by atoms with E-state index in [0.717, 1.165) is 12.8 Å². The smallest absolute Gasteiger partial charge is 0.252 e. The van der Waals surface area contributed by atoms with Crippen molar-refractivity contribution in [3.8, 4) is 11.5 Å². The first kappa shape index (κ1) is 29.8. The number of nitrogens with zero attached hydrogens (tertiary/aromatic N) is 1. The molecule has 2 aromatic carbocycles. The summed E-state index contributed by atoms with van der Waals surface area (Å²) in [6.45, 7) is 2.82. The molecule has 0 spiro atoms. The van der Waals surface area contributed by atoms with Crippen LogP contribution in [0.15, 0.2) is 48.8 Å². The molecule has 0 aliphatic carbocycles. The van der Waals surface area contributed by atoms with Gasteiger partial charge in [0.1, 0.15) is 0 Å². The number of hydrogen-bond acceptors (Lipinski definition) is 4. The summed E-state index contributed by atoms with van der Waals surface area (Å²) < 4.78 is 5.57. The van der Waals surface area contributed by atoms with Crippen LogP contribution in [0.25, 0.3) is 0 Å². The van der Waals surface area contributed by atoms with Crippen molar-refractivity contribution < 1.29 is 14.6 Å². The first-order chi connectivity index (χ1) is 16.7. The Labute approximate surface area is 234 Å². The standard InChI is InChI=1S/C12H4Cl6O.C12H18N2O2/c13-5-1-7(15)11(8(16)2-5)19-12-9(17)3-6(14)4-10(12)18;1-2-10(5-7-15)8-14-12(16)11-4-3-6-13-9-11/h1-4H;3-4,6,9-10,15H,2,5,7-8H2,1H3,(H,14,16). The number of rotatable bonds is 8. The second kappa shape index (κ2) is 15.0. The molecule has 0 aliphatic rings. The predicted octanol–water partition coefficient (Wildman–Crippen LogP) is 8.62. The molecule has 1 amide bonds. The maximum Gasteiger partial charge on any atom is 0.252 e. The van der Waals surface area contributed by atoms with Crippen molar-refractivity contribution in [2.24, 2.45) is 5.92 Å². The molecule has 0 aliphatic heterocycles. The molecule has 188 valence electrons. The molecule has 5 nitrogen and oxygen atoms in total. The average Bonchev–Trinajstić information content (AvgIpc) is 2.81. The molecule has 1 atom stereocenters. The lowest BCUT2D eigenvalue weighted by atomic mass is 10.0. The highest BCUT2D eigenvalue weighted by Crippen LogP contribution is 2.44. The Kier molecular flexibility index (Phi) is 12.7. The molecule has 2 N–H and O–H groups in total. The van der Waals surface area contributed by atoms with Crippen LogP contribution in [0.1, 0.15) is 30.1 Å². The molecule has 35 heavy (non-hydrogen) atoms. The van der Waals surface area contributed by atoms with E-state index >= 15 is 0 Å². The predicted molar refractivity (Wildman–Crippen MR) is 145 cm³/mol. The Morgan fingerprint density at radius 1 is 0.971 bits per heavy atom. The van der Waals surface area contributed by atoms with Gasteiger partial charge in [-0.15, -0.1) is 0 Å². The minimum atomic E-state index is -0.107. The van der Waals surface area contributed by atoms with E-state index < -0.39 is 0 Å². The molecule has 0 fully saturated rings. The molecule has 1 heterocycles. The molecule has 0 radical (unpaired) electrons. The van der Waals surface area contributed by atoms with Crippen molar-refractivity contribution in [2.75, 3.05) is 13.2 Å². The summed E-state index contributed by atoms with van der Waals surface area (Å²) in [5.41, 5.74) is 0.571. The molecule has 3 rings (SSSR count). The summed E-state index contributed by atoms with van der Waals surface area (Å²) in [4.78, 5) is 15.5. The van der Waals surface area contributed by atoms with Gasteiger partial charge in [0.2, 0.25) is 0 Å². The summed E-state index contributed by atoms with van der Waals surface area (Å²) in [5, 5.41) is 13.5. The molecule has 0 saturated heterocycles. The molecule has 1 aromatic heterocycles. The Morgan fingerprint density at radius 2 is 1.49 bits per heavy atom. The van der Waals surface area contributed by atoms with Crippen LogP contribution in [-0.2, 0) is 0 Å². The summed E-state index contributed by atoms with van der Waals surface area (Å²) in [7, 11) is 0. The molecule has 3 aromatic rings. The van der Waals surface area contributed by atoms with Crippen LogP contribution in [0.4, 0.5) is 0 Å². The average molecular weight is 599 g/mol. The Hall–Kier alpha value is -1.44. The van der Waals surface area contributed by atoms with E-state index in [1.165, 1.54) is 24.3 Å². The third kappa shape index (κ3) is 9.51. The van der Waals surface area contributed by atoms with E-state index in [-0.39, 0.29) is 44.1 Å². The molecule has 1 unspecified atom stereocenters. The van der Waals surface area contributed by atoms with Crippen LogP contribution < -0.4 is 10.1 Å². The minimum Gasteiger partial charge on any atom is -0.451 e. The topological polar surface area (TPSA) is 71.5 Å². The highest BCUT2D eigenvalue weighted by molar-refractivity contribution is 6.41. The van der Waals surface area contributed by atoms with Crippen molar-refractivity contribution in [3.63, 3.8) is 0 Å². The Bertz CT molecular complexity index is 1030. The van der Waals surface area contributed by atoms with Crippen molar-refractivity contribution >= 4 is 75.5 Å². The number of carbonyl (C=O) groups excluding carboxylic acids is 1. The zero-order valence-electron chi connectivity index (χ0n) is 18.5. The van der Waals surface area contributed by atoms with Gasteiger partial charge in [0.05, 0.1) is 25.7 Å². The summed E-state index contributed by atoms with van der Waals surface area (Å²) >= 11 is 35.7. The van der Waals surface area contributed by atoms with E-state index in [9.17, 15) is 4.79 Å². The van der Waals surface area contributed by atoms with Crippen LogP contribution in [-0.4, -0.2) is 29.1 Å². The molecule has 0 bridgehead atoms. The van der Waals surface area contributed by atoms with Gasteiger partial charge in [-0.25, -0.2) is 0 Å². The normalized spacial score (nSPS) is 11.3. The number of nitrogens with one attached hydrogen (secondary N) is 1. The number of halogens is 6. The van der Waals surface area contributed by atoms with Crippen LogP contribution in [0.5, 0.6) is 11.5 Å². The molecule has 11 heteroatoms. The first-order valence-corrected chi connectivity index (χ1v) is 12.7. The second-order valence-corrected chi connectivity index (χ2v) is 9.74. The fourth-order valence-corrected chi connectivity index (χ4v) is 4.61. The first-order valence-electron chi connectivity index (χ1n) is 10.4. The third-order valence-corrected chi connectivity index (χ3v) is 6.28. The maximum atomic E-state index is 11.7. The van der Waals surface area contributed by atoms with Gasteiger partial charge in [-0.2, -0.15) is 0 Å². The summed E-state index contributed by atoms with van der Waals surface area (Å²) in [6, 6.07) is 9.48. The number of benzene rings is 2. The lowest BCUT2D eigenvalue weighted by Crippen LogP contribution is -2.29. The lowest BCUT2D eigenvalue weighted by Gasteiger charge is -2.14. The molecular formula is C24H22Cl6N2O3. The van der Waals surface area contributed by atoms with E-state index in [1.807, 2.05) is 0 Å². The number of aliphatic hydroxyl groups excluding tert-OH is 1. The number of ether oxygens (including phenoxy) is 1. The van der Waals surface area contributed by atoms with Gasteiger partial charge < -0.3 is 15.2 Å². The number of amides is 1. The summed E-state index contributed by atoms with van der Waals surface area (Å²) in [6.07, 6.45) is 4.86. The number of aromatic nitrogens is 1. The number of hydrogen-bond donors (Lipinski definition) is 2. The van der Waals surface area contributed by atoms with Crippen molar-refractivity contribution in [1.82, 2.24) is 10.3 Å². The zero-order chi connectivity index (χ0) is 26.0. The SMILES string of the molecule is CCC(CCO)CNC(=O)c1cccnc1.Clc1cc(Cl)c(Oc2c(Cl)cc(Cl)cc2Cl)c(Cl)c1. The number of pyridine rings is 1. The molecule has 0 saturated carbocycles. The minimum absolute atomic E-state index is 0.107. The van der Waals surface area contributed by atoms with E-state index in [2.05, 4.69) is 17.2 Å². The Balaban J connectivity index is 0.000000251. The summed E-state index contributed by atoms with van der Waals surface area (Å²) in [5.74, 6) is 0.674. The third-order valence-electron chi connectivity index (χ3n) is 4.72. The van der Waals surface area contributed by atoms with Gasteiger partial charge in [0.15, 0.2) is 11.5 Å². The van der Waals surface area contributed by atoms with Crippen LogP contribution in [0.3, 0.4) is 0 Å².